The van der Waals surface area contributed by atoms with Gasteiger partial charge in [0.1, 0.15) is 5.75 Å². The van der Waals surface area contributed by atoms with Gasteiger partial charge < -0.3 is 20.9 Å². The first-order chi connectivity index (χ1) is 9.54. The van der Waals surface area contributed by atoms with Crippen LogP contribution in [0.2, 0.25) is 0 Å². The van der Waals surface area contributed by atoms with Crippen molar-refractivity contribution in [3.8, 4) is 5.75 Å². The van der Waals surface area contributed by atoms with E-state index in [-0.39, 0.29) is 11.4 Å². The largest absolute Gasteiger partial charge is 0.482 e. The molecule has 0 aliphatic carbocycles. The van der Waals surface area contributed by atoms with Crippen molar-refractivity contribution in [2.24, 2.45) is 5.73 Å². The number of aliphatic carboxylic acids is 1. The van der Waals surface area contributed by atoms with Crippen molar-refractivity contribution in [1.29, 1.82) is 0 Å². The van der Waals surface area contributed by atoms with E-state index in [9.17, 15) is 22.8 Å². The number of carbonyl (C=O) groups excluding carboxylic acids is 1. The number of hydrogen-bond donors (Lipinski definition) is 3. The number of rotatable bonds is 5. The summed E-state index contributed by atoms with van der Waals surface area (Å²) in [5.74, 6) is -2.38. The first kappa shape index (κ1) is 16.8. The minimum atomic E-state index is -4.89. The molecule has 0 radical (unpaired) electrons. The van der Waals surface area contributed by atoms with Crippen molar-refractivity contribution in [3.63, 3.8) is 0 Å². The number of carboxylic acid groups (broad SMARTS) is 1. The molecule has 1 aromatic rings. The molecule has 1 amide bonds. The third-order valence-corrected chi connectivity index (χ3v) is 2.54. The number of amides is 1. The average Bonchev–Trinajstić information content (AvgIpc) is 2.36. The van der Waals surface area contributed by atoms with E-state index in [0.717, 1.165) is 0 Å². The summed E-state index contributed by atoms with van der Waals surface area (Å²) in [6.07, 6.45) is -4.89. The summed E-state index contributed by atoms with van der Waals surface area (Å²) in [5.41, 5.74) is 2.02. The summed E-state index contributed by atoms with van der Waals surface area (Å²) >= 11 is 0. The molecule has 21 heavy (non-hydrogen) atoms. The number of nitrogens with one attached hydrogen (secondary N) is 1. The molecule has 0 bridgehead atoms. The highest BCUT2D eigenvalue weighted by molar-refractivity contribution is 5.98. The van der Waals surface area contributed by atoms with Crippen LogP contribution in [0.1, 0.15) is 6.92 Å². The third-order valence-electron chi connectivity index (χ3n) is 2.54. The summed E-state index contributed by atoms with van der Waals surface area (Å²) in [6.45, 7) is 0.00727. The normalized spacial score (nSPS) is 14.1. The molecule has 1 unspecified atom stereocenters. The molecule has 0 aromatic heterocycles. The summed E-state index contributed by atoms with van der Waals surface area (Å²) < 4.78 is 42.5. The maximum Gasteiger partial charge on any atom is 0.415 e. The fraction of sp³-hybridized carbons (Fsp3) is 0.333. The molecule has 0 fully saturated rings. The maximum atomic E-state index is 12.6. The van der Waals surface area contributed by atoms with Gasteiger partial charge in [-0.15, -0.1) is 0 Å². The smallest absolute Gasteiger partial charge is 0.415 e. The Labute approximate surface area is 117 Å². The lowest BCUT2D eigenvalue weighted by Gasteiger charge is -2.26. The van der Waals surface area contributed by atoms with Crippen molar-refractivity contribution in [2.75, 3.05) is 11.9 Å². The zero-order valence-electron chi connectivity index (χ0n) is 10.9. The number of carbonyl (C=O) groups is 2. The van der Waals surface area contributed by atoms with Crippen LogP contribution in [0.3, 0.4) is 0 Å². The van der Waals surface area contributed by atoms with E-state index in [4.69, 9.17) is 15.6 Å². The first-order valence-corrected chi connectivity index (χ1v) is 5.66. The van der Waals surface area contributed by atoms with E-state index in [1.807, 2.05) is 5.32 Å². The van der Waals surface area contributed by atoms with Gasteiger partial charge in [-0.05, 0) is 31.2 Å². The minimum Gasteiger partial charge on any atom is -0.482 e. The van der Waals surface area contributed by atoms with E-state index >= 15 is 0 Å². The first-order valence-electron chi connectivity index (χ1n) is 5.66. The predicted octanol–water partition coefficient (Wildman–Crippen LogP) is 1.37. The zero-order chi connectivity index (χ0) is 16.3. The van der Waals surface area contributed by atoms with Gasteiger partial charge in [-0.2, -0.15) is 13.2 Å². The number of alkyl halides is 3. The highest BCUT2D eigenvalue weighted by Gasteiger charge is 2.53. The SMILES string of the molecule is CC(N)(C(=O)Nc1ccc(OCC(=O)O)cc1)C(F)(F)F. The van der Waals surface area contributed by atoms with E-state index in [0.29, 0.717) is 6.92 Å². The monoisotopic (exact) mass is 306 g/mol. The molecule has 116 valence electrons. The van der Waals surface area contributed by atoms with Crippen LogP contribution >= 0.6 is 0 Å². The van der Waals surface area contributed by atoms with Crippen LogP contribution in [0.4, 0.5) is 18.9 Å². The van der Waals surface area contributed by atoms with Gasteiger partial charge in [0.15, 0.2) is 12.1 Å². The molecule has 0 aliphatic rings. The highest BCUT2D eigenvalue weighted by atomic mass is 19.4. The molecule has 0 aliphatic heterocycles. The topological polar surface area (TPSA) is 102 Å². The Morgan fingerprint density at radius 1 is 1.29 bits per heavy atom. The number of benzene rings is 1. The summed E-state index contributed by atoms with van der Waals surface area (Å²) in [4.78, 5) is 21.8. The molecule has 1 atom stereocenters. The van der Waals surface area contributed by atoms with Crippen LogP contribution < -0.4 is 15.8 Å². The fourth-order valence-corrected chi connectivity index (χ4v) is 1.17. The Morgan fingerprint density at radius 2 is 1.81 bits per heavy atom. The Bertz CT molecular complexity index is 526. The van der Waals surface area contributed by atoms with Crippen molar-refractivity contribution in [3.05, 3.63) is 24.3 Å². The molecular formula is C12H13F3N2O4. The van der Waals surface area contributed by atoms with Gasteiger partial charge >= 0.3 is 12.1 Å². The van der Waals surface area contributed by atoms with Crippen molar-refractivity contribution in [1.82, 2.24) is 0 Å². The average molecular weight is 306 g/mol. The van der Waals surface area contributed by atoms with Gasteiger partial charge in [-0.1, -0.05) is 0 Å². The molecule has 0 heterocycles. The standard InChI is InChI=1S/C12H13F3N2O4/c1-11(16,12(13,14)15)10(20)17-7-2-4-8(5-3-7)21-6-9(18)19/h2-5H,6,16H2,1H3,(H,17,20)(H,18,19). The number of hydrogen-bond acceptors (Lipinski definition) is 4. The fourth-order valence-electron chi connectivity index (χ4n) is 1.17. The van der Waals surface area contributed by atoms with Crippen LogP contribution in [-0.2, 0) is 9.59 Å². The molecule has 0 saturated heterocycles. The second kappa shape index (κ2) is 6.00. The van der Waals surface area contributed by atoms with Crippen LogP contribution in [0.15, 0.2) is 24.3 Å². The van der Waals surface area contributed by atoms with Crippen LogP contribution in [0.5, 0.6) is 5.75 Å². The Hall–Kier alpha value is -2.29. The van der Waals surface area contributed by atoms with Gasteiger partial charge in [0.2, 0.25) is 0 Å². The van der Waals surface area contributed by atoms with Crippen LogP contribution in [0.25, 0.3) is 0 Å². The van der Waals surface area contributed by atoms with Crippen LogP contribution in [0, 0.1) is 0 Å². The molecule has 0 saturated carbocycles. The predicted molar refractivity (Wildman–Crippen MR) is 66.8 cm³/mol. The lowest BCUT2D eigenvalue weighted by Crippen LogP contribution is -2.59. The van der Waals surface area contributed by atoms with Gasteiger partial charge in [-0.3, -0.25) is 4.79 Å². The highest BCUT2D eigenvalue weighted by Crippen LogP contribution is 2.29. The van der Waals surface area contributed by atoms with Gasteiger partial charge in [0, 0.05) is 5.69 Å². The summed E-state index contributed by atoms with van der Waals surface area (Å²) in [5, 5.41) is 10.4. The number of nitrogens with two attached hydrogens (primary N) is 1. The quantitative estimate of drug-likeness (QED) is 0.762. The third kappa shape index (κ3) is 4.35. The van der Waals surface area contributed by atoms with Crippen molar-refractivity contribution >= 4 is 17.6 Å². The van der Waals surface area contributed by atoms with Gasteiger partial charge in [-0.25, -0.2) is 4.79 Å². The lowest BCUT2D eigenvalue weighted by atomic mass is 10.0. The molecular weight excluding hydrogens is 293 g/mol. The van der Waals surface area contributed by atoms with Gasteiger partial charge in [0.05, 0.1) is 0 Å². The molecule has 1 aromatic carbocycles. The second-order valence-corrected chi connectivity index (χ2v) is 4.36. The van der Waals surface area contributed by atoms with E-state index in [2.05, 4.69) is 0 Å². The van der Waals surface area contributed by atoms with Crippen LogP contribution in [-0.4, -0.2) is 35.3 Å². The molecule has 4 N–H and O–H groups in total. The molecule has 9 heteroatoms. The Kier molecular flexibility index (Phi) is 4.79. The number of carboxylic acids is 1. The number of halogens is 3. The second-order valence-electron chi connectivity index (χ2n) is 4.36. The zero-order valence-corrected chi connectivity index (χ0v) is 10.9. The Morgan fingerprint density at radius 3 is 2.24 bits per heavy atom. The van der Waals surface area contributed by atoms with Gasteiger partial charge in [0.25, 0.3) is 5.91 Å². The molecule has 0 spiro atoms. The maximum absolute atomic E-state index is 12.6. The summed E-state index contributed by atoms with van der Waals surface area (Å²) in [6, 6.07) is 5.14. The van der Waals surface area contributed by atoms with E-state index < -0.39 is 30.2 Å². The number of ether oxygens (including phenoxy) is 1. The number of anilines is 1. The minimum absolute atomic E-state index is 0.0728. The van der Waals surface area contributed by atoms with E-state index in [1.165, 1.54) is 24.3 Å². The van der Waals surface area contributed by atoms with E-state index in [1.54, 1.807) is 0 Å². The van der Waals surface area contributed by atoms with Crippen molar-refractivity contribution < 1.29 is 32.6 Å². The molecule has 6 nitrogen and oxygen atoms in total. The lowest BCUT2D eigenvalue weighted by molar-refractivity contribution is -0.184. The Balaban J connectivity index is 2.72. The molecule has 1 rings (SSSR count). The van der Waals surface area contributed by atoms with Crippen molar-refractivity contribution in [2.45, 2.75) is 18.6 Å². The summed E-state index contributed by atoms with van der Waals surface area (Å²) in [7, 11) is 0.